The molecule has 1 atom stereocenters. The van der Waals surface area contributed by atoms with Gasteiger partial charge in [0.05, 0.1) is 0 Å². The molecule has 0 spiro atoms. The first-order chi connectivity index (χ1) is 12.1. The van der Waals surface area contributed by atoms with Crippen LogP contribution < -0.4 is 0 Å². The molecule has 0 heterocycles. The minimum absolute atomic E-state index is 0.280. The summed E-state index contributed by atoms with van der Waals surface area (Å²) in [6, 6.07) is 8.63. The van der Waals surface area contributed by atoms with Crippen molar-refractivity contribution in [3.63, 3.8) is 0 Å². The van der Waals surface area contributed by atoms with Crippen molar-refractivity contribution in [1.29, 1.82) is 0 Å². The third-order valence-electron chi connectivity index (χ3n) is 4.91. The summed E-state index contributed by atoms with van der Waals surface area (Å²) >= 11 is 0. The predicted molar refractivity (Wildman–Crippen MR) is 124 cm³/mol. The van der Waals surface area contributed by atoms with Crippen LogP contribution in [0.3, 0.4) is 0 Å². The maximum Gasteiger partial charge on any atom is -0.0142 e. The topological polar surface area (TPSA) is 0 Å². The van der Waals surface area contributed by atoms with Crippen LogP contribution in [0.4, 0.5) is 0 Å². The second kappa shape index (κ2) is 16.2. The Balaban J connectivity index is 0. The molecule has 0 nitrogen and oxygen atoms in total. The molecule has 0 bridgehead atoms. The van der Waals surface area contributed by atoms with E-state index in [9.17, 15) is 0 Å². The van der Waals surface area contributed by atoms with Crippen molar-refractivity contribution in [1.82, 2.24) is 0 Å². The number of aryl methyl sites for hydroxylation is 1. The molecular weight excluding hydrogens is 312 g/mol. The zero-order valence-corrected chi connectivity index (χ0v) is 19.5. The molecule has 1 aromatic rings. The third-order valence-corrected chi connectivity index (χ3v) is 4.91. The van der Waals surface area contributed by atoms with Gasteiger partial charge >= 0.3 is 0 Å². The number of unbranched alkanes of at least 4 members (excludes halogenated alkanes) is 5. The number of benzene rings is 1. The fourth-order valence-electron chi connectivity index (χ4n) is 2.39. The largest absolute Gasteiger partial charge is 0.0949 e. The van der Waals surface area contributed by atoms with E-state index in [1.807, 2.05) is 0 Å². The van der Waals surface area contributed by atoms with E-state index < -0.39 is 0 Å². The first-order valence-corrected chi connectivity index (χ1v) is 10.9. The summed E-state index contributed by atoms with van der Waals surface area (Å²) in [5, 5.41) is 0. The van der Waals surface area contributed by atoms with Crippen LogP contribution in [0, 0.1) is 18.3 Å². The van der Waals surface area contributed by atoms with Gasteiger partial charge in [-0.3, -0.25) is 0 Å². The number of rotatable bonds is 7. The molecule has 0 amide bonds. The van der Waals surface area contributed by atoms with Gasteiger partial charge in [0.1, 0.15) is 0 Å². The Hall–Kier alpha value is -1.04. The smallest absolute Gasteiger partial charge is 0.0142 e. The molecule has 1 aromatic carbocycles. The maximum absolute atomic E-state index is 4.22. The SMILES string of the molecule is C=C(c1ccc(C)cc1)C(C)C(C)(C)C.CCCCC.CCCCCC. The summed E-state index contributed by atoms with van der Waals surface area (Å²) in [7, 11) is 0. The van der Waals surface area contributed by atoms with Crippen molar-refractivity contribution in [2.75, 3.05) is 0 Å². The van der Waals surface area contributed by atoms with Gasteiger partial charge in [0.2, 0.25) is 0 Å². The molecule has 0 saturated heterocycles. The highest BCUT2D eigenvalue weighted by atomic mass is 14.3. The van der Waals surface area contributed by atoms with Gasteiger partial charge in [-0.25, -0.2) is 0 Å². The molecule has 0 aliphatic carbocycles. The van der Waals surface area contributed by atoms with E-state index in [4.69, 9.17) is 0 Å². The van der Waals surface area contributed by atoms with Crippen molar-refractivity contribution in [2.24, 2.45) is 11.3 Å². The highest BCUT2D eigenvalue weighted by molar-refractivity contribution is 5.65. The first kappa shape index (κ1) is 27.2. The molecule has 0 aromatic heterocycles. The molecule has 26 heavy (non-hydrogen) atoms. The number of allylic oxidation sites excluding steroid dienone is 1. The van der Waals surface area contributed by atoms with Crippen molar-refractivity contribution in [3.8, 4) is 0 Å². The van der Waals surface area contributed by atoms with Gasteiger partial charge in [0.25, 0.3) is 0 Å². The van der Waals surface area contributed by atoms with Crippen LogP contribution in [0.1, 0.15) is 111 Å². The van der Waals surface area contributed by atoms with Crippen LogP contribution >= 0.6 is 0 Å². The second-order valence-electron chi connectivity index (χ2n) is 8.54. The average molecular weight is 361 g/mol. The van der Waals surface area contributed by atoms with E-state index in [1.165, 1.54) is 61.6 Å². The van der Waals surface area contributed by atoms with Gasteiger partial charge in [-0.2, -0.15) is 0 Å². The Kier molecular flexibility index (Phi) is 16.9. The van der Waals surface area contributed by atoms with E-state index >= 15 is 0 Å². The molecular formula is C26H48. The third kappa shape index (κ3) is 14.2. The summed E-state index contributed by atoms with van der Waals surface area (Å²) in [6.07, 6.45) is 9.61. The molecule has 0 N–H and O–H groups in total. The summed E-state index contributed by atoms with van der Waals surface area (Å²) in [4.78, 5) is 0. The summed E-state index contributed by atoms with van der Waals surface area (Å²) in [5.74, 6) is 0.500. The molecule has 0 aliphatic heterocycles. The summed E-state index contributed by atoms with van der Waals surface area (Å²) in [5.41, 5.74) is 4.09. The molecule has 0 heteroatoms. The monoisotopic (exact) mass is 360 g/mol. The fourth-order valence-corrected chi connectivity index (χ4v) is 2.39. The molecule has 152 valence electrons. The molecule has 0 saturated carbocycles. The molecule has 0 radical (unpaired) electrons. The van der Waals surface area contributed by atoms with Crippen LogP contribution in [0.25, 0.3) is 5.57 Å². The van der Waals surface area contributed by atoms with E-state index in [-0.39, 0.29) is 5.41 Å². The Morgan fingerprint density at radius 1 is 0.808 bits per heavy atom. The second-order valence-corrected chi connectivity index (χ2v) is 8.54. The van der Waals surface area contributed by atoms with E-state index in [0.717, 1.165) is 0 Å². The quantitative estimate of drug-likeness (QED) is 0.425. The minimum Gasteiger partial charge on any atom is -0.0949 e. The van der Waals surface area contributed by atoms with E-state index in [1.54, 1.807) is 0 Å². The highest BCUT2D eigenvalue weighted by Gasteiger charge is 2.22. The summed E-state index contributed by atoms with van der Waals surface area (Å²) < 4.78 is 0. The Morgan fingerprint density at radius 3 is 1.46 bits per heavy atom. The van der Waals surface area contributed by atoms with Crippen LogP contribution in [0.15, 0.2) is 30.8 Å². The van der Waals surface area contributed by atoms with E-state index in [0.29, 0.717) is 5.92 Å². The lowest BCUT2D eigenvalue weighted by Gasteiger charge is -2.29. The highest BCUT2D eigenvalue weighted by Crippen LogP contribution is 2.35. The molecule has 1 unspecified atom stereocenters. The minimum atomic E-state index is 0.280. The lowest BCUT2D eigenvalue weighted by atomic mass is 9.76. The lowest BCUT2D eigenvalue weighted by molar-refractivity contribution is 0.324. The normalized spacial score (nSPS) is 11.6. The zero-order valence-electron chi connectivity index (χ0n) is 19.5. The van der Waals surface area contributed by atoms with Crippen LogP contribution in [0.2, 0.25) is 0 Å². The van der Waals surface area contributed by atoms with Gasteiger partial charge in [-0.1, -0.05) is 137 Å². The van der Waals surface area contributed by atoms with Crippen LogP contribution in [0.5, 0.6) is 0 Å². The maximum atomic E-state index is 4.22. The summed E-state index contributed by atoms with van der Waals surface area (Å²) in [6.45, 7) is 24.3. The predicted octanol–water partition coefficient (Wildman–Crippen LogP) is 9.47. The van der Waals surface area contributed by atoms with Gasteiger partial charge in [-0.15, -0.1) is 0 Å². The van der Waals surface area contributed by atoms with Gasteiger partial charge in [0.15, 0.2) is 0 Å². The Bertz CT molecular complexity index is 424. The van der Waals surface area contributed by atoms with Gasteiger partial charge < -0.3 is 0 Å². The average Bonchev–Trinajstić information content (AvgIpc) is 2.60. The number of hydrogen-bond acceptors (Lipinski definition) is 0. The molecule has 0 aliphatic rings. The fraction of sp³-hybridized carbons (Fsp3) is 0.692. The molecule has 0 fully saturated rings. The van der Waals surface area contributed by atoms with Crippen molar-refractivity contribution in [3.05, 3.63) is 42.0 Å². The Morgan fingerprint density at radius 2 is 1.19 bits per heavy atom. The Labute approximate surface area is 166 Å². The van der Waals surface area contributed by atoms with Crippen LogP contribution in [-0.4, -0.2) is 0 Å². The lowest BCUT2D eigenvalue weighted by Crippen LogP contribution is -2.18. The van der Waals surface area contributed by atoms with Crippen LogP contribution in [-0.2, 0) is 0 Å². The van der Waals surface area contributed by atoms with E-state index in [2.05, 4.69) is 93.2 Å². The number of hydrogen-bond donors (Lipinski definition) is 0. The van der Waals surface area contributed by atoms with Crippen molar-refractivity contribution in [2.45, 2.75) is 107 Å². The first-order valence-electron chi connectivity index (χ1n) is 10.9. The molecule has 1 rings (SSSR count). The van der Waals surface area contributed by atoms with Crippen molar-refractivity contribution >= 4 is 5.57 Å². The van der Waals surface area contributed by atoms with Crippen molar-refractivity contribution < 1.29 is 0 Å². The van der Waals surface area contributed by atoms with Gasteiger partial charge in [0, 0.05) is 0 Å². The van der Waals surface area contributed by atoms with Gasteiger partial charge in [-0.05, 0) is 29.4 Å². The standard InChI is InChI=1S/C15H22.C6H14.C5H12/c1-11-7-9-14(10-8-11)12(2)13(3)15(4,5)6;1-3-5-6-4-2;1-3-5-4-2/h7-10,13H,2H2,1,3-6H3;3-6H2,1-2H3;3-5H2,1-2H3. The zero-order chi connectivity index (χ0) is 20.6.